The molecule has 1 N–H and O–H groups in total. The maximum Gasteiger partial charge on any atom is 0.312 e. The van der Waals surface area contributed by atoms with E-state index < -0.39 is 28.8 Å². The smallest absolute Gasteiger partial charge is 0.312 e. The number of fused-ring (bicyclic) bond motifs is 1. The molecule has 0 aromatic heterocycles. The SMILES string of the molecule is CC(OC(=O)C1CC(=O)N(c2ccc3c(c2)OCCO3)C1)C(=O)Nc1ccccc1[N+](=O)[O-]. The third-order valence-corrected chi connectivity index (χ3v) is 5.32. The van der Waals surface area contributed by atoms with Gasteiger partial charge in [0.15, 0.2) is 17.6 Å². The van der Waals surface area contributed by atoms with Crippen molar-refractivity contribution in [1.82, 2.24) is 0 Å². The molecule has 1 saturated heterocycles. The standard InChI is InChI=1S/C22H21N3O8/c1-13(21(27)23-16-4-2-3-5-17(16)25(29)30)33-22(28)14-10-20(26)24(12-14)15-6-7-18-19(11-15)32-9-8-31-18/h2-7,11,13-14H,8-10,12H2,1H3,(H,23,27). The number of nitro benzene ring substituents is 1. The zero-order valence-electron chi connectivity index (χ0n) is 17.7. The van der Waals surface area contributed by atoms with Crippen molar-refractivity contribution in [3.05, 3.63) is 52.6 Å². The lowest BCUT2D eigenvalue weighted by Crippen LogP contribution is -2.33. The number of carbonyl (C=O) groups is 3. The summed E-state index contributed by atoms with van der Waals surface area (Å²) >= 11 is 0. The predicted octanol–water partition coefficient (Wildman–Crippen LogP) is 2.29. The second-order valence-corrected chi connectivity index (χ2v) is 7.58. The van der Waals surface area contributed by atoms with Crippen molar-refractivity contribution in [2.24, 2.45) is 5.92 Å². The van der Waals surface area contributed by atoms with Crippen molar-refractivity contribution in [3.63, 3.8) is 0 Å². The average Bonchev–Trinajstić information content (AvgIpc) is 3.20. The Morgan fingerprint density at radius 3 is 2.67 bits per heavy atom. The van der Waals surface area contributed by atoms with Crippen molar-refractivity contribution in [3.8, 4) is 11.5 Å². The van der Waals surface area contributed by atoms with Crippen molar-refractivity contribution in [2.75, 3.05) is 30.0 Å². The van der Waals surface area contributed by atoms with E-state index >= 15 is 0 Å². The lowest BCUT2D eigenvalue weighted by Gasteiger charge is -2.22. The number of nitrogens with zero attached hydrogens (tertiary/aromatic N) is 2. The summed E-state index contributed by atoms with van der Waals surface area (Å²) in [5, 5.41) is 13.5. The highest BCUT2D eigenvalue weighted by Gasteiger charge is 2.38. The van der Waals surface area contributed by atoms with E-state index in [1.807, 2.05) is 0 Å². The first-order valence-corrected chi connectivity index (χ1v) is 10.3. The molecule has 2 aliphatic rings. The molecule has 2 unspecified atom stereocenters. The van der Waals surface area contributed by atoms with Gasteiger partial charge in [0, 0.05) is 30.8 Å². The first-order chi connectivity index (χ1) is 15.8. The van der Waals surface area contributed by atoms with E-state index in [1.165, 1.54) is 36.1 Å². The van der Waals surface area contributed by atoms with Crippen molar-refractivity contribution >= 4 is 34.8 Å². The van der Waals surface area contributed by atoms with Gasteiger partial charge >= 0.3 is 5.97 Å². The van der Waals surface area contributed by atoms with Crippen molar-refractivity contribution in [1.29, 1.82) is 0 Å². The molecule has 0 saturated carbocycles. The van der Waals surface area contributed by atoms with Gasteiger partial charge in [-0.2, -0.15) is 0 Å². The number of anilines is 2. The molecule has 4 rings (SSSR count). The number of para-hydroxylation sites is 2. The van der Waals surface area contributed by atoms with E-state index in [4.69, 9.17) is 14.2 Å². The zero-order chi connectivity index (χ0) is 23.5. The Morgan fingerprint density at radius 2 is 1.91 bits per heavy atom. The van der Waals surface area contributed by atoms with Crippen LogP contribution in [0.1, 0.15) is 13.3 Å². The molecule has 33 heavy (non-hydrogen) atoms. The van der Waals surface area contributed by atoms with Crippen LogP contribution in [0, 0.1) is 16.0 Å². The second kappa shape index (κ2) is 9.15. The Hall–Kier alpha value is -4.15. The van der Waals surface area contributed by atoms with Gasteiger partial charge in [0.1, 0.15) is 18.9 Å². The third-order valence-electron chi connectivity index (χ3n) is 5.32. The quantitative estimate of drug-likeness (QED) is 0.398. The first-order valence-electron chi connectivity index (χ1n) is 10.3. The summed E-state index contributed by atoms with van der Waals surface area (Å²) in [5.74, 6) is -1.32. The van der Waals surface area contributed by atoms with E-state index in [0.717, 1.165) is 0 Å². The minimum Gasteiger partial charge on any atom is -0.486 e. The number of rotatable bonds is 6. The van der Waals surface area contributed by atoms with Gasteiger partial charge in [-0.1, -0.05) is 12.1 Å². The highest BCUT2D eigenvalue weighted by molar-refractivity contribution is 6.01. The van der Waals surface area contributed by atoms with E-state index in [2.05, 4.69) is 5.32 Å². The fourth-order valence-electron chi connectivity index (χ4n) is 3.61. The number of ether oxygens (including phenoxy) is 3. The Balaban J connectivity index is 1.37. The van der Waals surface area contributed by atoms with Crippen LogP contribution in [0.4, 0.5) is 17.1 Å². The summed E-state index contributed by atoms with van der Waals surface area (Å²) < 4.78 is 16.3. The minimum absolute atomic E-state index is 0.00349. The van der Waals surface area contributed by atoms with Crippen LogP contribution < -0.4 is 19.7 Å². The Kier molecular flexibility index (Phi) is 6.11. The summed E-state index contributed by atoms with van der Waals surface area (Å²) in [4.78, 5) is 49.5. The summed E-state index contributed by atoms with van der Waals surface area (Å²) in [6.45, 7) is 2.31. The number of hydrogen-bond acceptors (Lipinski definition) is 8. The molecule has 0 aliphatic carbocycles. The van der Waals surface area contributed by atoms with Gasteiger partial charge < -0.3 is 24.4 Å². The summed E-state index contributed by atoms with van der Waals surface area (Å²) in [6, 6.07) is 10.7. The Morgan fingerprint density at radius 1 is 1.18 bits per heavy atom. The Bertz CT molecular complexity index is 1120. The number of nitrogens with one attached hydrogen (secondary N) is 1. The average molecular weight is 455 g/mol. The van der Waals surface area contributed by atoms with Crippen LogP contribution in [-0.4, -0.2) is 48.6 Å². The third kappa shape index (κ3) is 4.71. The van der Waals surface area contributed by atoms with Crippen LogP contribution in [0.2, 0.25) is 0 Å². The number of amides is 2. The normalized spacial score (nSPS) is 17.9. The van der Waals surface area contributed by atoms with Crippen LogP contribution in [0.15, 0.2) is 42.5 Å². The van der Waals surface area contributed by atoms with Crippen molar-refractivity contribution < 1.29 is 33.5 Å². The molecule has 11 nitrogen and oxygen atoms in total. The number of nitro groups is 1. The molecule has 2 heterocycles. The lowest BCUT2D eigenvalue weighted by molar-refractivity contribution is -0.383. The highest BCUT2D eigenvalue weighted by atomic mass is 16.6. The zero-order valence-corrected chi connectivity index (χ0v) is 17.7. The Labute approximate surface area is 188 Å². The molecule has 2 amide bonds. The molecular formula is C22H21N3O8. The van der Waals surface area contributed by atoms with Crippen LogP contribution in [0.5, 0.6) is 11.5 Å². The van der Waals surface area contributed by atoms with Gasteiger partial charge in [-0.3, -0.25) is 24.5 Å². The second-order valence-electron chi connectivity index (χ2n) is 7.58. The molecule has 0 bridgehead atoms. The molecule has 172 valence electrons. The lowest BCUT2D eigenvalue weighted by atomic mass is 10.1. The molecular weight excluding hydrogens is 434 g/mol. The maximum atomic E-state index is 12.6. The highest BCUT2D eigenvalue weighted by Crippen LogP contribution is 2.36. The fourth-order valence-corrected chi connectivity index (χ4v) is 3.61. The largest absolute Gasteiger partial charge is 0.486 e. The number of esters is 1. The van der Waals surface area contributed by atoms with E-state index in [-0.39, 0.29) is 30.2 Å². The van der Waals surface area contributed by atoms with E-state index in [9.17, 15) is 24.5 Å². The molecule has 1 fully saturated rings. The maximum absolute atomic E-state index is 12.6. The van der Waals surface area contributed by atoms with Crippen LogP contribution in [-0.2, 0) is 19.1 Å². The predicted molar refractivity (Wildman–Crippen MR) is 115 cm³/mol. The van der Waals surface area contributed by atoms with Crippen LogP contribution in [0.25, 0.3) is 0 Å². The molecule has 2 aromatic rings. The summed E-state index contributed by atoms with van der Waals surface area (Å²) in [5.41, 5.74) is 0.291. The number of hydrogen-bond donors (Lipinski definition) is 1. The first kappa shape index (κ1) is 22.1. The minimum atomic E-state index is -1.21. The van der Waals surface area contributed by atoms with Gasteiger partial charge in [-0.05, 0) is 25.1 Å². The summed E-state index contributed by atoms with van der Waals surface area (Å²) in [6.07, 6.45) is -1.28. The van der Waals surface area contributed by atoms with E-state index in [1.54, 1.807) is 18.2 Å². The van der Waals surface area contributed by atoms with Gasteiger partial charge in [-0.15, -0.1) is 0 Å². The van der Waals surface area contributed by atoms with Gasteiger partial charge in [0.25, 0.3) is 11.6 Å². The molecule has 2 aliphatic heterocycles. The molecule has 11 heteroatoms. The number of carbonyl (C=O) groups excluding carboxylic acids is 3. The monoisotopic (exact) mass is 455 g/mol. The van der Waals surface area contributed by atoms with Gasteiger partial charge in [-0.25, -0.2) is 0 Å². The molecule has 0 radical (unpaired) electrons. The van der Waals surface area contributed by atoms with Crippen molar-refractivity contribution in [2.45, 2.75) is 19.4 Å². The van der Waals surface area contributed by atoms with Gasteiger partial charge in [0.2, 0.25) is 5.91 Å². The molecule has 0 spiro atoms. The topological polar surface area (TPSA) is 137 Å². The molecule has 2 aromatic carbocycles. The van der Waals surface area contributed by atoms with E-state index in [0.29, 0.717) is 30.4 Å². The summed E-state index contributed by atoms with van der Waals surface area (Å²) in [7, 11) is 0. The molecule has 2 atom stereocenters. The van der Waals surface area contributed by atoms with Crippen LogP contribution >= 0.6 is 0 Å². The fraction of sp³-hybridized carbons (Fsp3) is 0.318. The van der Waals surface area contributed by atoms with Gasteiger partial charge in [0.05, 0.1) is 10.8 Å². The number of benzene rings is 2. The van der Waals surface area contributed by atoms with Crippen LogP contribution in [0.3, 0.4) is 0 Å².